The quantitative estimate of drug-likeness (QED) is 0.812. The molecule has 0 saturated heterocycles. The zero-order chi connectivity index (χ0) is 10.7. The molecule has 1 aromatic rings. The van der Waals surface area contributed by atoms with Gasteiger partial charge in [0.2, 0.25) is 5.88 Å². The first-order valence-electron chi connectivity index (χ1n) is 3.61. The van der Waals surface area contributed by atoms with Gasteiger partial charge in [-0.25, -0.2) is 18.6 Å². The summed E-state index contributed by atoms with van der Waals surface area (Å²) in [6, 6.07) is 0.846. The van der Waals surface area contributed by atoms with Crippen LogP contribution in [-0.4, -0.2) is 23.2 Å². The molecule has 1 aromatic heterocycles. The number of carboxylic acids is 1. The van der Waals surface area contributed by atoms with Crippen molar-refractivity contribution in [3.8, 4) is 5.88 Å². The summed E-state index contributed by atoms with van der Waals surface area (Å²) in [6.45, 7) is 0. The highest BCUT2D eigenvalue weighted by molar-refractivity contribution is 5.87. The number of pyridine rings is 1. The number of aromatic carboxylic acids is 1. The summed E-state index contributed by atoms with van der Waals surface area (Å²) in [6.07, 6.45) is -1.84. The summed E-state index contributed by atoms with van der Waals surface area (Å²) in [5, 5.41) is 8.53. The summed E-state index contributed by atoms with van der Waals surface area (Å²) in [4.78, 5) is 13.9. The zero-order valence-corrected chi connectivity index (χ0v) is 7.20. The summed E-state index contributed by atoms with van der Waals surface area (Å²) in [5.41, 5.74) is -0.812. The van der Waals surface area contributed by atoms with Gasteiger partial charge in [-0.15, -0.1) is 0 Å². The average Bonchev–Trinajstić information content (AvgIpc) is 2.16. The molecular weight excluding hydrogens is 196 g/mol. The van der Waals surface area contributed by atoms with Crippen LogP contribution in [0.25, 0.3) is 0 Å². The number of nitrogens with zero attached hydrogens (tertiary/aromatic N) is 1. The van der Waals surface area contributed by atoms with Gasteiger partial charge in [0.05, 0.1) is 18.2 Å². The molecule has 0 fully saturated rings. The Labute approximate surface area is 78.1 Å². The second-order valence-electron chi connectivity index (χ2n) is 2.43. The van der Waals surface area contributed by atoms with Crippen molar-refractivity contribution < 1.29 is 23.4 Å². The lowest BCUT2D eigenvalue weighted by molar-refractivity contribution is 0.0695. The fourth-order valence-corrected chi connectivity index (χ4v) is 0.913. The van der Waals surface area contributed by atoms with Gasteiger partial charge in [0, 0.05) is 6.20 Å². The van der Waals surface area contributed by atoms with Gasteiger partial charge in [0.1, 0.15) is 0 Å². The number of carbonyl (C=O) groups is 1. The van der Waals surface area contributed by atoms with Crippen LogP contribution in [0.3, 0.4) is 0 Å². The Bertz CT molecular complexity index is 354. The Kier molecular flexibility index (Phi) is 2.95. The molecular formula is C8H7F2NO3. The Morgan fingerprint density at radius 1 is 1.64 bits per heavy atom. The molecule has 0 radical (unpaired) electrons. The van der Waals surface area contributed by atoms with E-state index in [2.05, 4.69) is 9.72 Å². The van der Waals surface area contributed by atoms with Gasteiger partial charge in [-0.1, -0.05) is 0 Å². The second kappa shape index (κ2) is 3.99. The summed E-state index contributed by atoms with van der Waals surface area (Å²) in [7, 11) is 1.19. The number of hydrogen-bond donors (Lipinski definition) is 1. The molecule has 0 aliphatic rings. The van der Waals surface area contributed by atoms with E-state index in [-0.39, 0.29) is 11.4 Å². The Morgan fingerprint density at radius 2 is 2.29 bits per heavy atom. The van der Waals surface area contributed by atoms with E-state index in [1.807, 2.05) is 0 Å². The first-order chi connectivity index (χ1) is 6.56. The lowest BCUT2D eigenvalue weighted by Gasteiger charge is -2.06. The number of aromatic nitrogens is 1. The molecule has 76 valence electrons. The van der Waals surface area contributed by atoms with Crippen LogP contribution < -0.4 is 4.74 Å². The van der Waals surface area contributed by atoms with Crippen LogP contribution in [0.15, 0.2) is 12.3 Å². The van der Waals surface area contributed by atoms with Gasteiger partial charge in [-0.2, -0.15) is 0 Å². The number of alkyl halides is 2. The first-order valence-corrected chi connectivity index (χ1v) is 3.61. The van der Waals surface area contributed by atoms with Crippen molar-refractivity contribution in [1.82, 2.24) is 4.98 Å². The van der Waals surface area contributed by atoms with E-state index in [4.69, 9.17) is 5.11 Å². The minimum atomic E-state index is -2.81. The van der Waals surface area contributed by atoms with Crippen LogP contribution in [0.5, 0.6) is 5.88 Å². The molecule has 0 spiro atoms. The standard InChI is InChI=1S/C8H7F2NO3/c1-14-7-5(6(9)10)2-4(3-11-7)8(12)13/h2-3,6H,1H3,(H,12,13). The highest BCUT2D eigenvalue weighted by atomic mass is 19.3. The average molecular weight is 203 g/mol. The smallest absolute Gasteiger partial charge is 0.337 e. The van der Waals surface area contributed by atoms with Crippen molar-refractivity contribution in [3.05, 3.63) is 23.4 Å². The number of methoxy groups -OCH3 is 1. The molecule has 0 aliphatic carbocycles. The van der Waals surface area contributed by atoms with Gasteiger partial charge >= 0.3 is 5.97 Å². The largest absolute Gasteiger partial charge is 0.481 e. The summed E-state index contributed by atoms with van der Waals surface area (Å²) in [5.74, 6) is -1.56. The van der Waals surface area contributed by atoms with E-state index < -0.39 is 18.0 Å². The molecule has 1 N–H and O–H groups in total. The van der Waals surface area contributed by atoms with E-state index in [1.54, 1.807) is 0 Å². The number of carboxylic acid groups (broad SMARTS) is 1. The van der Waals surface area contributed by atoms with Crippen molar-refractivity contribution in [2.45, 2.75) is 6.43 Å². The molecule has 0 amide bonds. The van der Waals surface area contributed by atoms with Gasteiger partial charge in [-0.05, 0) is 6.07 Å². The number of rotatable bonds is 3. The van der Waals surface area contributed by atoms with E-state index in [1.165, 1.54) is 7.11 Å². The highest BCUT2D eigenvalue weighted by Crippen LogP contribution is 2.27. The van der Waals surface area contributed by atoms with E-state index in [9.17, 15) is 13.6 Å². The fraction of sp³-hybridized carbons (Fsp3) is 0.250. The number of ether oxygens (including phenoxy) is 1. The molecule has 0 saturated carbocycles. The Balaban J connectivity index is 3.20. The predicted molar refractivity (Wildman–Crippen MR) is 42.7 cm³/mol. The molecule has 1 heterocycles. The van der Waals surface area contributed by atoms with Crippen molar-refractivity contribution in [2.24, 2.45) is 0 Å². The number of halogens is 2. The van der Waals surface area contributed by atoms with E-state index >= 15 is 0 Å². The van der Waals surface area contributed by atoms with E-state index in [0.717, 1.165) is 12.3 Å². The maximum absolute atomic E-state index is 12.3. The van der Waals surface area contributed by atoms with Gasteiger partial charge in [-0.3, -0.25) is 0 Å². The molecule has 1 rings (SSSR count). The molecule has 4 nitrogen and oxygen atoms in total. The van der Waals surface area contributed by atoms with Crippen LogP contribution in [0.1, 0.15) is 22.3 Å². The monoisotopic (exact) mass is 203 g/mol. The SMILES string of the molecule is COc1ncc(C(=O)O)cc1C(F)F. The van der Waals surface area contributed by atoms with E-state index in [0.29, 0.717) is 0 Å². The predicted octanol–water partition coefficient (Wildman–Crippen LogP) is 1.73. The molecule has 0 atom stereocenters. The van der Waals surface area contributed by atoms with Crippen LogP contribution in [0.2, 0.25) is 0 Å². The minimum absolute atomic E-state index is 0.259. The summed E-state index contributed by atoms with van der Waals surface area (Å²) < 4.78 is 29.2. The third-order valence-electron chi connectivity index (χ3n) is 1.55. The Morgan fingerprint density at radius 3 is 2.71 bits per heavy atom. The van der Waals surface area contributed by atoms with Crippen LogP contribution >= 0.6 is 0 Å². The molecule has 0 unspecified atom stereocenters. The third-order valence-corrected chi connectivity index (χ3v) is 1.55. The molecule has 6 heteroatoms. The second-order valence-corrected chi connectivity index (χ2v) is 2.43. The highest BCUT2D eigenvalue weighted by Gasteiger charge is 2.17. The van der Waals surface area contributed by atoms with Gasteiger partial charge in [0.15, 0.2) is 0 Å². The van der Waals surface area contributed by atoms with Gasteiger partial charge < -0.3 is 9.84 Å². The molecule has 0 aromatic carbocycles. The van der Waals surface area contributed by atoms with Crippen molar-refractivity contribution in [2.75, 3.05) is 7.11 Å². The maximum atomic E-state index is 12.3. The topological polar surface area (TPSA) is 59.4 Å². The Hall–Kier alpha value is -1.72. The minimum Gasteiger partial charge on any atom is -0.481 e. The lowest BCUT2D eigenvalue weighted by Crippen LogP contribution is -2.02. The van der Waals surface area contributed by atoms with Crippen LogP contribution in [-0.2, 0) is 0 Å². The maximum Gasteiger partial charge on any atom is 0.337 e. The molecule has 14 heavy (non-hydrogen) atoms. The van der Waals surface area contributed by atoms with Crippen LogP contribution in [0, 0.1) is 0 Å². The van der Waals surface area contributed by atoms with Crippen LogP contribution in [0.4, 0.5) is 8.78 Å². The summed E-state index contributed by atoms with van der Waals surface area (Å²) >= 11 is 0. The van der Waals surface area contributed by atoms with Crippen molar-refractivity contribution >= 4 is 5.97 Å². The van der Waals surface area contributed by atoms with Crippen molar-refractivity contribution in [1.29, 1.82) is 0 Å². The third kappa shape index (κ3) is 1.95. The molecule has 0 bridgehead atoms. The van der Waals surface area contributed by atoms with Gasteiger partial charge in [0.25, 0.3) is 6.43 Å². The zero-order valence-electron chi connectivity index (χ0n) is 7.20. The number of hydrogen-bond acceptors (Lipinski definition) is 3. The normalized spacial score (nSPS) is 10.3. The fourth-order valence-electron chi connectivity index (χ4n) is 0.913. The first kappa shape index (κ1) is 10.4. The lowest BCUT2D eigenvalue weighted by atomic mass is 10.2. The molecule has 0 aliphatic heterocycles. The van der Waals surface area contributed by atoms with Crippen molar-refractivity contribution in [3.63, 3.8) is 0 Å².